The van der Waals surface area contributed by atoms with Crippen molar-refractivity contribution in [2.24, 2.45) is 5.92 Å². The third-order valence-electron chi connectivity index (χ3n) is 7.62. The van der Waals surface area contributed by atoms with E-state index in [1.54, 1.807) is 14.0 Å². The van der Waals surface area contributed by atoms with E-state index in [1.807, 2.05) is 11.8 Å². The fraction of sp³-hybridized carbons (Fsp3) is 0.375. The summed E-state index contributed by atoms with van der Waals surface area (Å²) >= 11 is 0. The first-order valence-corrected chi connectivity index (χ1v) is 14.4. The zero-order valence-corrected chi connectivity index (χ0v) is 25.2. The molecule has 3 N–H and O–H groups in total. The highest BCUT2D eigenvalue weighted by molar-refractivity contribution is 6.02. The molecule has 1 aliphatic rings. The second-order valence-corrected chi connectivity index (χ2v) is 11.4. The van der Waals surface area contributed by atoms with E-state index >= 15 is 0 Å². The minimum Gasteiger partial charge on any atom is -0.488 e. The zero-order valence-electron chi connectivity index (χ0n) is 25.2. The van der Waals surface area contributed by atoms with Crippen molar-refractivity contribution in [2.45, 2.75) is 44.9 Å². The molecular formula is C32H34F6N4O4. The number of aliphatic hydroxyl groups is 1. The molecule has 0 bridgehead atoms. The van der Waals surface area contributed by atoms with Crippen molar-refractivity contribution in [3.05, 3.63) is 89.0 Å². The first kappa shape index (κ1) is 34.6. The second-order valence-electron chi connectivity index (χ2n) is 11.4. The molecule has 1 heterocycles. The quantitative estimate of drug-likeness (QED) is 0.235. The fourth-order valence-corrected chi connectivity index (χ4v) is 5.04. The van der Waals surface area contributed by atoms with E-state index in [0.717, 1.165) is 36.4 Å². The molecular weight excluding hydrogens is 618 g/mol. The van der Waals surface area contributed by atoms with Crippen molar-refractivity contribution in [3.63, 3.8) is 0 Å². The smallest absolute Gasteiger partial charge is 0.416 e. The van der Waals surface area contributed by atoms with E-state index in [4.69, 9.17) is 4.74 Å². The van der Waals surface area contributed by atoms with E-state index < -0.39 is 47.6 Å². The van der Waals surface area contributed by atoms with Crippen LogP contribution in [0.3, 0.4) is 0 Å². The number of urea groups is 1. The van der Waals surface area contributed by atoms with Gasteiger partial charge in [-0.05, 0) is 74.1 Å². The number of likely N-dealkylation sites (N-methyl/N-ethyl adjacent to an activating group) is 1. The summed E-state index contributed by atoms with van der Waals surface area (Å²) in [5, 5.41) is 14.9. The Morgan fingerprint density at radius 2 is 1.50 bits per heavy atom. The van der Waals surface area contributed by atoms with Gasteiger partial charge in [0.2, 0.25) is 0 Å². The van der Waals surface area contributed by atoms with Crippen LogP contribution < -0.4 is 15.4 Å². The summed E-state index contributed by atoms with van der Waals surface area (Å²) in [6.07, 6.45) is -9.42. The summed E-state index contributed by atoms with van der Waals surface area (Å²) < 4.78 is 83.8. The average molecular weight is 653 g/mol. The number of nitrogens with zero attached hydrogens (tertiary/aromatic N) is 2. The van der Waals surface area contributed by atoms with E-state index in [9.17, 15) is 41.0 Å². The van der Waals surface area contributed by atoms with Crippen LogP contribution in [0.25, 0.3) is 0 Å². The number of halogens is 6. The lowest BCUT2D eigenvalue weighted by Crippen LogP contribution is -2.49. The molecule has 0 fully saturated rings. The van der Waals surface area contributed by atoms with Gasteiger partial charge in [0.05, 0.1) is 29.3 Å². The van der Waals surface area contributed by atoms with Gasteiger partial charge in [0.15, 0.2) is 0 Å². The number of nitrogens with one attached hydrogen (secondary N) is 2. The van der Waals surface area contributed by atoms with Crippen LogP contribution in [0.4, 0.5) is 42.5 Å². The van der Waals surface area contributed by atoms with Gasteiger partial charge in [0, 0.05) is 36.9 Å². The minimum atomic E-state index is -4.52. The summed E-state index contributed by atoms with van der Waals surface area (Å²) in [7, 11) is 1.80. The molecule has 0 radical (unpaired) electrons. The zero-order chi connectivity index (χ0) is 33.8. The van der Waals surface area contributed by atoms with Crippen LogP contribution in [-0.4, -0.2) is 65.7 Å². The Labute approximate surface area is 261 Å². The number of hydrogen-bond acceptors (Lipinski definition) is 5. The van der Waals surface area contributed by atoms with Crippen molar-refractivity contribution >= 4 is 23.3 Å². The number of hydrogen-bond donors (Lipinski definition) is 3. The third-order valence-corrected chi connectivity index (χ3v) is 7.62. The number of benzene rings is 3. The molecule has 248 valence electrons. The molecule has 0 spiro atoms. The number of aliphatic hydroxyl groups excluding tert-OH is 1. The van der Waals surface area contributed by atoms with Gasteiger partial charge in [0.1, 0.15) is 11.9 Å². The molecule has 3 amide bonds. The van der Waals surface area contributed by atoms with E-state index in [2.05, 4.69) is 10.6 Å². The van der Waals surface area contributed by atoms with Gasteiger partial charge in [0.25, 0.3) is 5.91 Å². The van der Waals surface area contributed by atoms with Crippen molar-refractivity contribution in [2.75, 3.05) is 37.4 Å². The predicted molar refractivity (Wildman–Crippen MR) is 159 cm³/mol. The van der Waals surface area contributed by atoms with Crippen molar-refractivity contribution in [1.82, 2.24) is 9.80 Å². The van der Waals surface area contributed by atoms with E-state index in [-0.39, 0.29) is 41.8 Å². The molecule has 0 unspecified atom stereocenters. The first-order chi connectivity index (χ1) is 21.5. The highest BCUT2D eigenvalue weighted by Crippen LogP contribution is 2.33. The molecule has 46 heavy (non-hydrogen) atoms. The average Bonchev–Trinajstić information content (AvgIpc) is 2.98. The highest BCUT2D eigenvalue weighted by Gasteiger charge is 2.34. The lowest BCUT2D eigenvalue weighted by atomic mass is 9.99. The highest BCUT2D eigenvalue weighted by atomic mass is 19.4. The Balaban J connectivity index is 1.51. The molecule has 14 heteroatoms. The number of alkyl halides is 6. The summed E-state index contributed by atoms with van der Waals surface area (Å²) in [6, 6.07) is 11.9. The van der Waals surface area contributed by atoms with Crippen LogP contribution in [-0.2, 0) is 18.9 Å². The number of fused-ring (bicyclic) bond motifs is 1. The van der Waals surface area contributed by atoms with Gasteiger partial charge in [-0.15, -0.1) is 0 Å². The molecule has 1 aliphatic heterocycles. The molecule has 0 saturated heterocycles. The third kappa shape index (κ3) is 8.69. The monoisotopic (exact) mass is 652 g/mol. The number of carbonyl (C=O) groups is 2. The van der Waals surface area contributed by atoms with Gasteiger partial charge in [-0.1, -0.05) is 19.1 Å². The number of rotatable bonds is 8. The summed E-state index contributed by atoms with van der Waals surface area (Å²) in [4.78, 5) is 29.7. The standard InChI is InChI=1S/C32H34F6N4O4/c1-19-15-42(20(2)18-43)29(44)26-14-25(40-30(45)39-24-10-8-23(9-11-24)32(36,37)38)12-13-27(26)46-28(19)17-41(3)16-21-4-6-22(7-5-21)31(33,34)35/h4-14,19-20,28,43H,15-18H2,1-3H3,(H2,39,40,45)/t19-,20+,28-/m1/s1. The van der Waals surface area contributed by atoms with E-state index in [1.165, 1.54) is 35.2 Å². The number of ether oxygens (including phenoxy) is 1. The molecule has 0 aromatic heterocycles. The van der Waals surface area contributed by atoms with E-state index in [0.29, 0.717) is 18.7 Å². The molecule has 0 aliphatic carbocycles. The minimum absolute atomic E-state index is 0.120. The number of amides is 3. The SMILES string of the molecule is C[C@@H]1CN([C@@H](C)CO)C(=O)c2cc(NC(=O)Nc3ccc(C(F)(F)F)cc3)ccc2O[C@@H]1CN(C)Cc1ccc(C(F)(F)F)cc1. The number of anilines is 2. The van der Waals surface area contributed by atoms with Crippen LogP contribution in [0, 0.1) is 5.92 Å². The van der Waals surface area contributed by atoms with Gasteiger partial charge in [-0.3, -0.25) is 9.69 Å². The summed E-state index contributed by atoms with van der Waals surface area (Å²) in [5.74, 6) is -0.423. The van der Waals surface area contributed by atoms with Crippen LogP contribution in [0.1, 0.15) is 40.9 Å². The lowest BCUT2D eigenvalue weighted by Gasteiger charge is -2.38. The molecule has 3 atom stereocenters. The van der Waals surface area contributed by atoms with Gasteiger partial charge in [-0.25, -0.2) is 4.79 Å². The Morgan fingerprint density at radius 3 is 2.07 bits per heavy atom. The molecule has 0 saturated carbocycles. The van der Waals surface area contributed by atoms with Crippen LogP contribution in [0.15, 0.2) is 66.7 Å². The largest absolute Gasteiger partial charge is 0.488 e. The Morgan fingerprint density at radius 1 is 0.957 bits per heavy atom. The van der Waals surface area contributed by atoms with Gasteiger partial charge in [-0.2, -0.15) is 26.3 Å². The maximum Gasteiger partial charge on any atom is 0.416 e. The van der Waals surface area contributed by atoms with Gasteiger partial charge < -0.3 is 25.4 Å². The fourth-order valence-electron chi connectivity index (χ4n) is 5.04. The van der Waals surface area contributed by atoms with Crippen LogP contribution in [0.2, 0.25) is 0 Å². The first-order valence-electron chi connectivity index (χ1n) is 14.4. The molecule has 3 aromatic carbocycles. The Bertz CT molecular complexity index is 1510. The molecule has 4 rings (SSSR count). The maximum atomic E-state index is 13.7. The van der Waals surface area contributed by atoms with Crippen molar-refractivity contribution in [1.29, 1.82) is 0 Å². The lowest BCUT2D eigenvalue weighted by molar-refractivity contribution is -0.138. The summed E-state index contributed by atoms with van der Waals surface area (Å²) in [6.45, 7) is 4.20. The molecule has 8 nitrogen and oxygen atoms in total. The summed E-state index contributed by atoms with van der Waals surface area (Å²) in [5.41, 5.74) is -0.474. The van der Waals surface area contributed by atoms with Crippen molar-refractivity contribution < 1.29 is 45.8 Å². The van der Waals surface area contributed by atoms with Crippen LogP contribution >= 0.6 is 0 Å². The Hall–Kier alpha value is -4.30. The Kier molecular flexibility index (Phi) is 10.5. The molecule has 3 aromatic rings. The topological polar surface area (TPSA) is 94.1 Å². The number of carbonyl (C=O) groups excluding carboxylic acids is 2. The van der Waals surface area contributed by atoms with Crippen molar-refractivity contribution in [3.8, 4) is 5.75 Å². The van der Waals surface area contributed by atoms with Gasteiger partial charge >= 0.3 is 18.4 Å². The van der Waals surface area contributed by atoms with Crippen LogP contribution in [0.5, 0.6) is 5.75 Å². The predicted octanol–water partition coefficient (Wildman–Crippen LogP) is 6.72. The second kappa shape index (κ2) is 14.0. The maximum absolute atomic E-state index is 13.7. The normalized spacial score (nSPS) is 17.9.